The van der Waals surface area contributed by atoms with Crippen LogP contribution in [-0.2, 0) is 9.59 Å². The summed E-state index contributed by atoms with van der Waals surface area (Å²) in [6.45, 7) is 5.75. The van der Waals surface area contributed by atoms with Crippen LogP contribution in [0.5, 0.6) is 0 Å². The lowest BCUT2D eigenvalue weighted by atomic mass is 9.96. The van der Waals surface area contributed by atoms with Crippen LogP contribution in [0.3, 0.4) is 0 Å². The van der Waals surface area contributed by atoms with E-state index in [4.69, 9.17) is 0 Å². The lowest BCUT2D eigenvalue weighted by Crippen LogP contribution is -2.45. The van der Waals surface area contributed by atoms with E-state index in [1.165, 1.54) is 0 Å². The van der Waals surface area contributed by atoms with Crippen LogP contribution < -0.4 is 10.6 Å². The molecule has 0 bridgehead atoms. The van der Waals surface area contributed by atoms with Crippen LogP contribution in [-0.4, -0.2) is 42.4 Å². The highest BCUT2D eigenvalue weighted by Crippen LogP contribution is 2.23. The van der Waals surface area contributed by atoms with Gasteiger partial charge < -0.3 is 15.5 Å². The highest BCUT2D eigenvalue weighted by molar-refractivity contribution is 5.83. The SMILES string of the molecule is Cc1cccc(C)c1NCC(=O)N1CCC(C(=O)NC2CC2)CC1. The van der Waals surface area contributed by atoms with Crippen LogP contribution in [0.15, 0.2) is 18.2 Å². The van der Waals surface area contributed by atoms with E-state index < -0.39 is 0 Å². The first-order chi connectivity index (χ1) is 11.5. The number of hydrogen-bond acceptors (Lipinski definition) is 3. The van der Waals surface area contributed by atoms with E-state index in [-0.39, 0.29) is 17.7 Å². The molecule has 0 unspecified atom stereocenters. The summed E-state index contributed by atoms with van der Waals surface area (Å²) >= 11 is 0. The van der Waals surface area contributed by atoms with Gasteiger partial charge in [0.1, 0.15) is 0 Å². The van der Waals surface area contributed by atoms with Crippen molar-refractivity contribution in [2.24, 2.45) is 5.92 Å². The zero-order valence-electron chi connectivity index (χ0n) is 14.6. The predicted molar refractivity (Wildman–Crippen MR) is 94.9 cm³/mol. The van der Waals surface area contributed by atoms with Crippen molar-refractivity contribution in [3.63, 3.8) is 0 Å². The quantitative estimate of drug-likeness (QED) is 0.871. The number of aryl methyl sites for hydroxylation is 2. The number of anilines is 1. The Hall–Kier alpha value is -2.04. The number of nitrogens with zero attached hydrogens (tertiary/aromatic N) is 1. The van der Waals surface area contributed by atoms with E-state index in [9.17, 15) is 9.59 Å². The van der Waals surface area contributed by atoms with Gasteiger partial charge in [-0.05, 0) is 50.7 Å². The van der Waals surface area contributed by atoms with Crippen molar-refractivity contribution in [3.8, 4) is 0 Å². The summed E-state index contributed by atoms with van der Waals surface area (Å²) in [6.07, 6.45) is 3.78. The van der Waals surface area contributed by atoms with Gasteiger partial charge in [-0.15, -0.1) is 0 Å². The third kappa shape index (κ3) is 4.08. The first-order valence-corrected chi connectivity index (χ1v) is 8.93. The summed E-state index contributed by atoms with van der Waals surface area (Å²) in [4.78, 5) is 26.4. The Balaban J connectivity index is 1.45. The number of carbonyl (C=O) groups excluding carboxylic acids is 2. The zero-order valence-corrected chi connectivity index (χ0v) is 14.6. The fourth-order valence-electron chi connectivity index (χ4n) is 3.31. The standard InChI is InChI=1S/C19H27N3O2/c1-13-4-3-5-14(2)18(13)20-12-17(23)22-10-8-15(9-11-22)19(24)21-16-6-7-16/h3-5,15-16,20H,6-12H2,1-2H3,(H,21,24). The molecule has 24 heavy (non-hydrogen) atoms. The van der Waals surface area contributed by atoms with E-state index in [0.29, 0.717) is 25.7 Å². The molecule has 5 heteroatoms. The third-order valence-corrected chi connectivity index (χ3v) is 5.04. The summed E-state index contributed by atoms with van der Waals surface area (Å²) in [5, 5.41) is 6.35. The van der Waals surface area contributed by atoms with Gasteiger partial charge in [-0.2, -0.15) is 0 Å². The van der Waals surface area contributed by atoms with E-state index in [1.54, 1.807) is 0 Å². The van der Waals surface area contributed by atoms with Gasteiger partial charge in [0.05, 0.1) is 6.54 Å². The van der Waals surface area contributed by atoms with E-state index >= 15 is 0 Å². The Morgan fingerprint density at radius 2 is 1.71 bits per heavy atom. The molecule has 1 saturated heterocycles. The number of benzene rings is 1. The molecule has 1 saturated carbocycles. The lowest BCUT2D eigenvalue weighted by Gasteiger charge is -2.31. The van der Waals surface area contributed by atoms with Crippen molar-refractivity contribution >= 4 is 17.5 Å². The molecule has 0 radical (unpaired) electrons. The molecule has 1 heterocycles. The number of hydrogen-bond donors (Lipinski definition) is 2. The van der Waals surface area contributed by atoms with Crippen LogP contribution >= 0.6 is 0 Å². The minimum atomic E-state index is 0.0706. The summed E-state index contributed by atoms with van der Waals surface area (Å²) in [6, 6.07) is 6.53. The highest BCUT2D eigenvalue weighted by Gasteiger charge is 2.30. The molecule has 2 aliphatic rings. The maximum Gasteiger partial charge on any atom is 0.241 e. The Labute approximate surface area is 143 Å². The topological polar surface area (TPSA) is 61.4 Å². The van der Waals surface area contributed by atoms with Gasteiger partial charge in [0, 0.05) is 30.7 Å². The van der Waals surface area contributed by atoms with Crippen LogP contribution in [0.1, 0.15) is 36.8 Å². The number of nitrogens with one attached hydrogen (secondary N) is 2. The number of rotatable bonds is 5. The molecule has 0 atom stereocenters. The summed E-state index contributed by atoms with van der Waals surface area (Å²) < 4.78 is 0. The molecule has 2 N–H and O–H groups in total. The average molecular weight is 329 g/mol. The first kappa shape index (κ1) is 16.8. The fraction of sp³-hybridized carbons (Fsp3) is 0.579. The molecule has 3 rings (SSSR count). The molecule has 5 nitrogen and oxygen atoms in total. The summed E-state index contributed by atoms with van der Waals surface area (Å²) in [5.41, 5.74) is 3.35. The number of para-hydroxylation sites is 1. The maximum absolute atomic E-state index is 12.4. The van der Waals surface area contributed by atoms with Crippen molar-refractivity contribution in [3.05, 3.63) is 29.3 Å². The minimum absolute atomic E-state index is 0.0706. The van der Waals surface area contributed by atoms with Crippen LogP contribution in [0, 0.1) is 19.8 Å². The zero-order chi connectivity index (χ0) is 17.1. The van der Waals surface area contributed by atoms with E-state index in [0.717, 1.165) is 42.5 Å². The number of likely N-dealkylation sites (tertiary alicyclic amines) is 1. The second kappa shape index (κ2) is 7.24. The van der Waals surface area contributed by atoms with Gasteiger partial charge in [0.2, 0.25) is 11.8 Å². The lowest BCUT2D eigenvalue weighted by molar-refractivity contribution is -0.134. The number of carbonyl (C=O) groups is 2. The minimum Gasteiger partial charge on any atom is -0.376 e. The second-order valence-corrected chi connectivity index (χ2v) is 7.06. The van der Waals surface area contributed by atoms with Gasteiger partial charge in [0.15, 0.2) is 0 Å². The largest absolute Gasteiger partial charge is 0.376 e. The molecule has 1 aromatic rings. The molecule has 130 valence electrons. The van der Waals surface area contributed by atoms with E-state index in [2.05, 4.69) is 10.6 Å². The van der Waals surface area contributed by atoms with Crippen molar-refractivity contribution in [2.45, 2.75) is 45.6 Å². The maximum atomic E-state index is 12.4. The second-order valence-electron chi connectivity index (χ2n) is 7.06. The van der Waals surface area contributed by atoms with Crippen molar-refractivity contribution in [1.82, 2.24) is 10.2 Å². The molecular weight excluding hydrogens is 302 g/mol. The molecular formula is C19H27N3O2. The molecule has 0 aromatic heterocycles. The highest BCUT2D eigenvalue weighted by atomic mass is 16.2. The van der Waals surface area contributed by atoms with Crippen molar-refractivity contribution in [2.75, 3.05) is 25.0 Å². The Kier molecular flexibility index (Phi) is 5.07. The Morgan fingerprint density at radius 1 is 1.08 bits per heavy atom. The van der Waals surface area contributed by atoms with Crippen LogP contribution in [0.25, 0.3) is 0 Å². The van der Waals surface area contributed by atoms with Gasteiger partial charge in [-0.3, -0.25) is 9.59 Å². The molecule has 2 amide bonds. The molecule has 1 aliphatic carbocycles. The molecule has 2 fully saturated rings. The normalized spacial score (nSPS) is 18.3. The smallest absolute Gasteiger partial charge is 0.241 e. The summed E-state index contributed by atoms with van der Waals surface area (Å²) in [5.74, 6) is 0.359. The Morgan fingerprint density at radius 3 is 2.29 bits per heavy atom. The Bertz CT molecular complexity index is 597. The predicted octanol–water partition coefficient (Wildman–Crippen LogP) is 2.23. The first-order valence-electron chi connectivity index (χ1n) is 8.93. The van der Waals surface area contributed by atoms with Crippen LogP contribution in [0.2, 0.25) is 0 Å². The monoisotopic (exact) mass is 329 g/mol. The fourth-order valence-corrected chi connectivity index (χ4v) is 3.31. The molecule has 1 aliphatic heterocycles. The third-order valence-electron chi connectivity index (χ3n) is 5.04. The van der Waals surface area contributed by atoms with Gasteiger partial charge in [-0.1, -0.05) is 18.2 Å². The van der Waals surface area contributed by atoms with Gasteiger partial charge in [-0.25, -0.2) is 0 Å². The van der Waals surface area contributed by atoms with Crippen molar-refractivity contribution in [1.29, 1.82) is 0 Å². The average Bonchev–Trinajstić information content (AvgIpc) is 3.38. The molecule has 1 aromatic carbocycles. The molecule has 0 spiro atoms. The van der Waals surface area contributed by atoms with Crippen LogP contribution in [0.4, 0.5) is 5.69 Å². The van der Waals surface area contributed by atoms with Crippen molar-refractivity contribution < 1.29 is 9.59 Å². The number of amides is 2. The van der Waals surface area contributed by atoms with E-state index in [1.807, 2.05) is 36.9 Å². The van der Waals surface area contributed by atoms with Gasteiger partial charge >= 0.3 is 0 Å². The summed E-state index contributed by atoms with van der Waals surface area (Å²) in [7, 11) is 0. The number of piperidine rings is 1. The van der Waals surface area contributed by atoms with Gasteiger partial charge in [0.25, 0.3) is 0 Å².